The molecule has 5 rings (SSSR count). The molecule has 0 radical (unpaired) electrons. The zero-order chi connectivity index (χ0) is 25.8. The zero-order valence-electron chi connectivity index (χ0n) is 20.6. The van der Waals surface area contributed by atoms with Gasteiger partial charge in [0.15, 0.2) is 6.61 Å². The molecule has 0 spiro atoms. The van der Waals surface area contributed by atoms with Gasteiger partial charge in [0.2, 0.25) is 5.78 Å². The number of benzene rings is 4. The first kappa shape index (κ1) is 23.9. The predicted octanol–water partition coefficient (Wildman–Crippen LogP) is 5.98. The van der Waals surface area contributed by atoms with Crippen LogP contribution in [-0.4, -0.2) is 27.7 Å². The maximum absolute atomic E-state index is 13.7. The molecule has 0 unspecified atom stereocenters. The largest absolute Gasteiger partial charge is 0.387 e. The van der Waals surface area contributed by atoms with Crippen molar-refractivity contribution in [2.24, 2.45) is 5.16 Å². The summed E-state index contributed by atoms with van der Waals surface area (Å²) in [7, 11) is 0. The van der Waals surface area contributed by atoms with Crippen LogP contribution in [0.15, 0.2) is 113 Å². The molecule has 5 aromatic rings. The number of carbonyl (C=O) groups is 1. The Morgan fingerprint density at radius 1 is 0.865 bits per heavy atom. The van der Waals surface area contributed by atoms with Crippen molar-refractivity contribution < 1.29 is 9.63 Å². The van der Waals surface area contributed by atoms with Crippen LogP contribution >= 0.6 is 0 Å². The summed E-state index contributed by atoms with van der Waals surface area (Å²) < 4.78 is 1.56. The number of Topliss-reactive ketones (excluding diaryl/α,β-unsaturated/α-hetero) is 1. The van der Waals surface area contributed by atoms with Crippen molar-refractivity contribution in [3.63, 3.8) is 0 Å². The van der Waals surface area contributed by atoms with Crippen LogP contribution in [0.4, 0.5) is 0 Å². The fraction of sp³-hybridized carbons (Fsp3) is 0.0968. The first-order valence-electron chi connectivity index (χ1n) is 12.0. The van der Waals surface area contributed by atoms with Gasteiger partial charge in [-0.1, -0.05) is 89.6 Å². The normalized spacial score (nSPS) is 11.5. The number of carbonyl (C=O) groups excluding carboxylic acids is 1. The van der Waals surface area contributed by atoms with Crippen molar-refractivity contribution in [2.75, 3.05) is 6.61 Å². The quantitative estimate of drug-likeness (QED) is 0.161. The highest BCUT2D eigenvalue weighted by molar-refractivity contribution is 6.03. The third kappa shape index (κ3) is 4.95. The summed E-state index contributed by atoms with van der Waals surface area (Å²) in [6, 6.07) is 31.6. The van der Waals surface area contributed by atoms with Crippen LogP contribution in [0.25, 0.3) is 28.0 Å². The highest BCUT2D eigenvalue weighted by Crippen LogP contribution is 2.26. The topological polar surface area (TPSA) is 73.6 Å². The minimum atomic E-state index is -0.266. The van der Waals surface area contributed by atoms with Crippen LogP contribution in [0.2, 0.25) is 0 Å². The molecule has 0 saturated carbocycles. The third-order valence-electron chi connectivity index (χ3n) is 6.12. The lowest BCUT2D eigenvalue weighted by Gasteiger charge is -2.16. The number of aromatic nitrogens is 2. The summed E-state index contributed by atoms with van der Waals surface area (Å²) in [4.78, 5) is 37.2. The van der Waals surface area contributed by atoms with Crippen molar-refractivity contribution in [1.82, 2.24) is 9.55 Å². The number of rotatable bonds is 7. The fourth-order valence-corrected chi connectivity index (χ4v) is 4.17. The molecule has 0 amide bonds. The van der Waals surface area contributed by atoms with Gasteiger partial charge in [0.25, 0.3) is 5.56 Å². The smallest absolute Gasteiger partial charge is 0.266 e. The highest BCUT2D eigenvalue weighted by Gasteiger charge is 2.20. The molecular formula is C31H25N3O3. The molecule has 0 fully saturated rings. The van der Waals surface area contributed by atoms with E-state index in [2.05, 4.69) is 5.16 Å². The van der Waals surface area contributed by atoms with E-state index in [1.165, 1.54) is 0 Å². The van der Waals surface area contributed by atoms with E-state index in [4.69, 9.17) is 9.82 Å². The maximum atomic E-state index is 13.7. The number of fused-ring (bicyclic) bond motifs is 1. The molecule has 0 aliphatic heterocycles. The van der Waals surface area contributed by atoms with Crippen molar-refractivity contribution in [3.05, 3.63) is 130 Å². The number of aryl methyl sites for hydroxylation is 1. The predicted molar refractivity (Wildman–Crippen MR) is 146 cm³/mol. The van der Waals surface area contributed by atoms with Gasteiger partial charge in [-0.15, -0.1) is 0 Å². The van der Waals surface area contributed by atoms with Crippen molar-refractivity contribution in [1.29, 1.82) is 0 Å². The Morgan fingerprint density at radius 3 is 2.32 bits per heavy atom. The second kappa shape index (κ2) is 10.4. The second-order valence-electron chi connectivity index (χ2n) is 8.71. The summed E-state index contributed by atoms with van der Waals surface area (Å²) in [6.07, 6.45) is 0. The lowest BCUT2D eigenvalue weighted by molar-refractivity contribution is 0.0776. The summed E-state index contributed by atoms with van der Waals surface area (Å²) in [5.41, 5.74) is 4.64. The van der Waals surface area contributed by atoms with Crippen LogP contribution in [0, 0.1) is 6.92 Å². The SMILES string of the molecule is CC(=NOCC(=O)c1ccccc1-c1nc2ccccc2c(=O)n1-c1ccc(C)cc1)c1ccccc1. The molecule has 0 aliphatic carbocycles. The van der Waals surface area contributed by atoms with Crippen LogP contribution in [0.5, 0.6) is 0 Å². The summed E-state index contributed by atoms with van der Waals surface area (Å²) in [5.74, 6) is 0.124. The summed E-state index contributed by atoms with van der Waals surface area (Å²) in [5, 5.41) is 4.62. The molecule has 0 N–H and O–H groups in total. The number of para-hydroxylation sites is 1. The molecule has 0 atom stereocenters. The van der Waals surface area contributed by atoms with Crippen LogP contribution < -0.4 is 5.56 Å². The molecule has 0 bridgehead atoms. The van der Waals surface area contributed by atoms with Gasteiger partial charge in [-0.25, -0.2) is 4.98 Å². The van der Waals surface area contributed by atoms with E-state index in [9.17, 15) is 9.59 Å². The van der Waals surface area contributed by atoms with Gasteiger partial charge in [0.05, 0.1) is 22.3 Å². The summed E-state index contributed by atoms with van der Waals surface area (Å²) in [6.45, 7) is 3.57. The Morgan fingerprint density at radius 2 is 1.54 bits per heavy atom. The molecule has 1 heterocycles. The number of hydrogen-bond acceptors (Lipinski definition) is 5. The minimum Gasteiger partial charge on any atom is -0.387 e. The Labute approximate surface area is 214 Å². The zero-order valence-corrected chi connectivity index (χ0v) is 20.6. The van der Waals surface area contributed by atoms with Crippen LogP contribution in [0.3, 0.4) is 0 Å². The van der Waals surface area contributed by atoms with Crippen molar-refractivity contribution in [2.45, 2.75) is 13.8 Å². The number of ketones is 1. The third-order valence-corrected chi connectivity index (χ3v) is 6.12. The number of nitrogens with zero attached hydrogens (tertiary/aromatic N) is 3. The maximum Gasteiger partial charge on any atom is 0.266 e. The van der Waals surface area contributed by atoms with Crippen LogP contribution in [0.1, 0.15) is 28.4 Å². The standard InChI is InChI=1S/C31H25N3O3/c1-21-16-18-24(19-17-21)34-30(32-28-15-9-8-14-27(28)31(34)36)26-13-7-6-12-25(26)29(35)20-37-33-22(2)23-10-4-3-5-11-23/h3-19H,20H2,1-2H3. The molecule has 0 aliphatic rings. The molecule has 6 nitrogen and oxygen atoms in total. The van der Waals surface area contributed by atoms with Gasteiger partial charge in [-0.05, 0) is 43.7 Å². The van der Waals surface area contributed by atoms with E-state index >= 15 is 0 Å². The van der Waals surface area contributed by atoms with Crippen molar-refractivity contribution >= 4 is 22.4 Å². The molecular weight excluding hydrogens is 462 g/mol. The van der Waals surface area contributed by atoms with E-state index < -0.39 is 0 Å². The molecule has 182 valence electrons. The first-order chi connectivity index (χ1) is 18.0. The molecule has 1 aromatic heterocycles. The van der Waals surface area contributed by atoms with Gasteiger partial charge in [-0.2, -0.15) is 0 Å². The molecule has 37 heavy (non-hydrogen) atoms. The van der Waals surface area contributed by atoms with Crippen molar-refractivity contribution in [3.8, 4) is 17.1 Å². The average molecular weight is 488 g/mol. The Hall–Kier alpha value is -4.84. The van der Waals surface area contributed by atoms with E-state index in [0.717, 1.165) is 11.1 Å². The highest BCUT2D eigenvalue weighted by atomic mass is 16.6. The number of oxime groups is 1. The first-order valence-corrected chi connectivity index (χ1v) is 12.0. The Balaban J connectivity index is 1.57. The monoisotopic (exact) mass is 487 g/mol. The van der Waals surface area contributed by atoms with E-state index in [1.54, 1.807) is 34.9 Å². The second-order valence-corrected chi connectivity index (χ2v) is 8.71. The molecule has 0 saturated heterocycles. The van der Waals surface area contributed by atoms with E-state index in [-0.39, 0.29) is 17.9 Å². The molecule has 4 aromatic carbocycles. The van der Waals surface area contributed by atoms with E-state index in [1.807, 2.05) is 86.6 Å². The van der Waals surface area contributed by atoms with Gasteiger partial charge >= 0.3 is 0 Å². The number of hydrogen-bond donors (Lipinski definition) is 0. The van der Waals surface area contributed by atoms with Crippen LogP contribution in [-0.2, 0) is 4.84 Å². The van der Waals surface area contributed by atoms with Gasteiger partial charge < -0.3 is 4.84 Å². The minimum absolute atomic E-state index is 0.203. The van der Waals surface area contributed by atoms with Gasteiger partial charge in [0, 0.05) is 11.1 Å². The van der Waals surface area contributed by atoms with Gasteiger partial charge in [0.1, 0.15) is 5.82 Å². The Bertz CT molecular complexity index is 1670. The molecule has 6 heteroatoms. The lowest BCUT2D eigenvalue weighted by Crippen LogP contribution is -2.23. The fourth-order valence-electron chi connectivity index (χ4n) is 4.17. The average Bonchev–Trinajstić information content (AvgIpc) is 2.94. The lowest BCUT2D eigenvalue weighted by atomic mass is 10.0. The van der Waals surface area contributed by atoms with Gasteiger partial charge in [-0.3, -0.25) is 14.2 Å². The summed E-state index contributed by atoms with van der Waals surface area (Å²) >= 11 is 0. The van der Waals surface area contributed by atoms with E-state index in [0.29, 0.717) is 39.3 Å². The Kier molecular flexibility index (Phi) is 6.72.